The molecule has 0 saturated carbocycles. The van der Waals surface area contributed by atoms with Gasteiger partial charge in [-0.1, -0.05) is 30.3 Å². The van der Waals surface area contributed by atoms with Crippen LogP contribution in [0.3, 0.4) is 0 Å². The number of aliphatic hydroxyl groups is 1. The van der Waals surface area contributed by atoms with E-state index in [2.05, 4.69) is 10.7 Å². The average molecular weight is 324 g/mol. The lowest BCUT2D eigenvalue weighted by atomic mass is 10.2. The molecule has 9 heteroatoms. The van der Waals surface area contributed by atoms with Crippen molar-refractivity contribution in [3.05, 3.63) is 35.9 Å². The molecule has 0 aromatic heterocycles. The highest BCUT2D eigenvalue weighted by Gasteiger charge is 2.19. The fraction of sp³-hybridized carbons (Fsp3) is 0.357. The van der Waals surface area contributed by atoms with E-state index < -0.39 is 36.6 Å². The van der Waals surface area contributed by atoms with Gasteiger partial charge in [-0.2, -0.15) is 0 Å². The topological polar surface area (TPSA) is 143 Å². The number of hydrogen-bond acceptors (Lipinski definition) is 6. The van der Waals surface area contributed by atoms with Crippen molar-refractivity contribution in [2.75, 3.05) is 6.54 Å². The van der Waals surface area contributed by atoms with Gasteiger partial charge in [0.15, 0.2) is 0 Å². The van der Waals surface area contributed by atoms with Gasteiger partial charge in [0.2, 0.25) is 5.91 Å². The van der Waals surface area contributed by atoms with Crippen molar-refractivity contribution < 1.29 is 24.2 Å². The molecule has 0 heterocycles. The number of hydrogen-bond donors (Lipinski definition) is 5. The van der Waals surface area contributed by atoms with Crippen molar-refractivity contribution in [3.63, 3.8) is 0 Å². The zero-order valence-electron chi connectivity index (χ0n) is 12.6. The first-order chi connectivity index (χ1) is 10.9. The molecule has 126 valence electrons. The number of rotatable bonds is 6. The van der Waals surface area contributed by atoms with E-state index in [1.165, 1.54) is 6.92 Å². The lowest BCUT2D eigenvalue weighted by molar-refractivity contribution is -0.128. The van der Waals surface area contributed by atoms with Crippen LogP contribution in [0.25, 0.3) is 0 Å². The van der Waals surface area contributed by atoms with Crippen LogP contribution in [0.2, 0.25) is 0 Å². The molecule has 0 spiro atoms. The quantitative estimate of drug-likeness (QED) is 0.415. The fourth-order valence-electron chi connectivity index (χ4n) is 1.43. The highest BCUT2D eigenvalue weighted by atomic mass is 16.6. The van der Waals surface area contributed by atoms with Gasteiger partial charge >= 0.3 is 6.09 Å². The molecule has 1 aromatic carbocycles. The summed E-state index contributed by atoms with van der Waals surface area (Å²) in [7, 11) is 0. The Morgan fingerprint density at radius 3 is 2.48 bits per heavy atom. The molecule has 0 aliphatic carbocycles. The standard InChI is InChI=1S/C14H20N4O5/c1-9(19)12(15)13(21)16-7-11(20)17-18-14(22)23-8-10-5-3-2-4-6-10/h2-6,9,12,19H,7-8,15H2,1H3,(H,16,21)(H,17,20)(H,18,22)/t9?,12-/m0/s1. The second kappa shape index (κ2) is 9.38. The van der Waals surface area contributed by atoms with Gasteiger partial charge in [-0.25, -0.2) is 10.2 Å². The largest absolute Gasteiger partial charge is 0.443 e. The van der Waals surface area contributed by atoms with Crippen LogP contribution in [0, 0.1) is 0 Å². The van der Waals surface area contributed by atoms with Gasteiger partial charge < -0.3 is 20.9 Å². The van der Waals surface area contributed by atoms with Gasteiger partial charge in [0.25, 0.3) is 5.91 Å². The van der Waals surface area contributed by atoms with Crippen molar-refractivity contribution in [1.82, 2.24) is 16.2 Å². The van der Waals surface area contributed by atoms with E-state index in [4.69, 9.17) is 15.6 Å². The normalized spacial score (nSPS) is 12.7. The molecule has 23 heavy (non-hydrogen) atoms. The van der Waals surface area contributed by atoms with Gasteiger partial charge in [0.1, 0.15) is 12.6 Å². The number of carbonyl (C=O) groups is 3. The molecule has 0 fully saturated rings. The van der Waals surface area contributed by atoms with Crippen LogP contribution in [0.5, 0.6) is 0 Å². The van der Waals surface area contributed by atoms with Crippen LogP contribution in [-0.4, -0.2) is 41.7 Å². The molecule has 1 rings (SSSR count). The third-order valence-electron chi connectivity index (χ3n) is 2.76. The van der Waals surface area contributed by atoms with E-state index in [0.29, 0.717) is 0 Å². The smallest absolute Gasteiger partial charge is 0.426 e. The molecule has 1 unspecified atom stereocenters. The lowest BCUT2D eigenvalue weighted by Crippen LogP contribution is -2.51. The van der Waals surface area contributed by atoms with Crippen molar-refractivity contribution in [1.29, 1.82) is 0 Å². The molecule has 0 aliphatic rings. The number of aliphatic hydroxyl groups excluding tert-OH is 1. The monoisotopic (exact) mass is 324 g/mol. The summed E-state index contributed by atoms with van der Waals surface area (Å²) < 4.78 is 4.87. The highest BCUT2D eigenvalue weighted by Crippen LogP contribution is 1.99. The zero-order chi connectivity index (χ0) is 17.2. The van der Waals surface area contributed by atoms with Crippen LogP contribution in [-0.2, 0) is 20.9 Å². The lowest BCUT2D eigenvalue weighted by Gasteiger charge is -2.14. The van der Waals surface area contributed by atoms with E-state index in [1.54, 1.807) is 24.3 Å². The number of nitrogens with one attached hydrogen (secondary N) is 3. The van der Waals surface area contributed by atoms with Crippen LogP contribution in [0.1, 0.15) is 12.5 Å². The number of ether oxygens (including phenoxy) is 1. The van der Waals surface area contributed by atoms with Crippen molar-refractivity contribution in [2.45, 2.75) is 25.7 Å². The van der Waals surface area contributed by atoms with Crippen LogP contribution in [0.15, 0.2) is 30.3 Å². The molecule has 9 nitrogen and oxygen atoms in total. The molecular formula is C14H20N4O5. The zero-order valence-corrected chi connectivity index (χ0v) is 12.6. The molecule has 0 radical (unpaired) electrons. The Kier molecular flexibility index (Phi) is 7.51. The van der Waals surface area contributed by atoms with E-state index >= 15 is 0 Å². The van der Waals surface area contributed by atoms with E-state index in [-0.39, 0.29) is 6.61 Å². The Morgan fingerprint density at radius 2 is 1.87 bits per heavy atom. The second-order valence-corrected chi connectivity index (χ2v) is 4.72. The predicted octanol–water partition coefficient (Wildman–Crippen LogP) is -1.23. The van der Waals surface area contributed by atoms with Crippen LogP contribution < -0.4 is 21.9 Å². The molecule has 0 saturated heterocycles. The maximum atomic E-state index is 11.4. The maximum absolute atomic E-state index is 11.4. The van der Waals surface area contributed by atoms with Gasteiger partial charge in [0, 0.05) is 0 Å². The van der Waals surface area contributed by atoms with Crippen LogP contribution >= 0.6 is 0 Å². The molecule has 0 bridgehead atoms. The highest BCUT2D eigenvalue weighted by molar-refractivity contribution is 5.88. The second-order valence-electron chi connectivity index (χ2n) is 4.72. The Bertz CT molecular complexity index is 535. The summed E-state index contributed by atoms with van der Waals surface area (Å²) in [5, 5.41) is 11.3. The minimum atomic E-state index is -1.13. The molecule has 1 aromatic rings. The number of benzene rings is 1. The van der Waals surface area contributed by atoms with Gasteiger partial charge in [-0.3, -0.25) is 15.0 Å². The van der Waals surface area contributed by atoms with Crippen molar-refractivity contribution >= 4 is 17.9 Å². The first-order valence-corrected chi connectivity index (χ1v) is 6.87. The summed E-state index contributed by atoms with van der Waals surface area (Å²) in [6.45, 7) is 1.01. The van der Waals surface area contributed by atoms with E-state index in [9.17, 15) is 14.4 Å². The minimum absolute atomic E-state index is 0.0581. The SMILES string of the molecule is CC(O)[C@H](N)C(=O)NCC(=O)NNC(=O)OCc1ccccc1. The number of amides is 3. The third kappa shape index (κ3) is 7.25. The van der Waals surface area contributed by atoms with Crippen molar-refractivity contribution in [3.8, 4) is 0 Å². The maximum Gasteiger partial charge on any atom is 0.426 e. The van der Waals surface area contributed by atoms with Crippen LogP contribution in [0.4, 0.5) is 4.79 Å². The van der Waals surface area contributed by atoms with Gasteiger partial charge in [-0.05, 0) is 12.5 Å². The van der Waals surface area contributed by atoms with E-state index in [1.807, 2.05) is 11.5 Å². The number of carbonyl (C=O) groups excluding carboxylic acids is 3. The van der Waals surface area contributed by atoms with Gasteiger partial charge in [0.05, 0.1) is 12.6 Å². The fourth-order valence-corrected chi connectivity index (χ4v) is 1.43. The molecule has 0 aliphatic heterocycles. The first kappa shape index (κ1) is 18.4. The molecule has 2 atom stereocenters. The van der Waals surface area contributed by atoms with Gasteiger partial charge in [-0.15, -0.1) is 0 Å². The predicted molar refractivity (Wildman–Crippen MR) is 80.6 cm³/mol. The molecule has 3 amide bonds. The minimum Gasteiger partial charge on any atom is -0.443 e. The van der Waals surface area contributed by atoms with E-state index in [0.717, 1.165) is 5.56 Å². The molecule has 6 N–H and O–H groups in total. The Morgan fingerprint density at radius 1 is 1.22 bits per heavy atom. The Hall–Kier alpha value is -2.65. The van der Waals surface area contributed by atoms with Crippen molar-refractivity contribution in [2.24, 2.45) is 5.73 Å². The summed E-state index contributed by atoms with van der Waals surface area (Å²) in [6, 6.07) is 7.88. The number of hydrazine groups is 1. The third-order valence-corrected chi connectivity index (χ3v) is 2.76. The summed E-state index contributed by atoms with van der Waals surface area (Å²) in [6.07, 6.45) is -1.88. The number of nitrogens with two attached hydrogens (primary N) is 1. The summed E-state index contributed by atoms with van der Waals surface area (Å²) in [5.74, 6) is -1.35. The summed E-state index contributed by atoms with van der Waals surface area (Å²) in [4.78, 5) is 34.2. The average Bonchev–Trinajstić information content (AvgIpc) is 2.55. The Balaban J connectivity index is 2.20. The first-order valence-electron chi connectivity index (χ1n) is 6.87. The summed E-state index contributed by atoms with van der Waals surface area (Å²) in [5.41, 5.74) is 10.3. The molecular weight excluding hydrogens is 304 g/mol. The Labute approximate surface area is 133 Å². The summed E-state index contributed by atoms with van der Waals surface area (Å²) >= 11 is 0.